The second-order valence-corrected chi connectivity index (χ2v) is 4.74. The predicted molar refractivity (Wildman–Crippen MR) is 73.6 cm³/mol. The zero-order valence-corrected chi connectivity index (χ0v) is 11.5. The molecule has 0 aliphatic carbocycles. The minimum Gasteiger partial charge on any atom is -0.504 e. The van der Waals surface area contributed by atoms with Crippen molar-refractivity contribution in [2.75, 3.05) is 33.4 Å². The van der Waals surface area contributed by atoms with E-state index in [-0.39, 0.29) is 18.1 Å². The topological polar surface area (TPSA) is 85.0 Å². The summed E-state index contributed by atoms with van der Waals surface area (Å²) in [7, 11) is 1.48. The molecule has 0 bridgehead atoms. The van der Waals surface area contributed by atoms with Crippen LogP contribution in [0.3, 0.4) is 0 Å². The lowest BCUT2D eigenvalue weighted by molar-refractivity contribution is -0.135. The van der Waals surface area contributed by atoms with Gasteiger partial charge in [-0.2, -0.15) is 0 Å². The average molecular weight is 280 g/mol. The Morgan fingerprint density at radius 1 is 1.50 bits per heavy atom. The first kappa shape index (κ1) is 14.6. The van der Waals surface area contributed by atoms with Crippen LogP contribution in [0, 0.1) is 0 Å². The number of nitrogens with two attached hydrogens (primary N) is 1. The highest BCUT2D eigenvalue weighted by Gasteiger charge is 2.20. The standard InChI is InChI=1S/C14H20N2O4/c1-19-13-3-2-10(8-12(13)17)11(15)9-14(18)16-4-6-20-7-5-16/h2-3,8,11,17H,4-7,9,15H2,1H3/t11-/m1/s1. The van der Waals surface area contributed by atoms with Crippen LogP contribution < -0.4 is 10.5 Å². The monoisotopic (exact) mass is 280 g/mol. The van der Waals surface area contributed by atoms with E-state index in [0.29, 0.717) is 37.6 Å². The molecule has 0 radical (unpaired) electrons. The van der Waals surface area contributed by atoms with Crippen molar-refractivity contribution in [3.05, 3.63) is 23.8 Å². The molecule has 6 nitrogen and oxygen atoms in total. The Bertz CT molecular complexity index is 472. The van der Waals surface area contributed by atoms with Gasteiger partial charge in [-0.25, -0.2) is 0 Å². The molecule has 1 saturated heterocycles. The minimum absolute atomic E-state index is 0.0103. The molecular formula is C14H20N2O4. The summed E-state index contributed by atoms with van der Waals surface area (Å²) in [6.45, 7) is 2.37. The molecule has 0 unspecified atom stereocenters. The molecule has 20 heavy (non-hydrogen) atoms. The van der Waals surface area contributed by atoms with Crippen LogP contribution in [0.2, 0.25) is 0 Å². The van der Waals surface area contributed by atoms with Gasteiger partial charge in [-0.15, -0.1) is 0 Å². The lowest BCUT2D eigenvalue weighted by Gasteiger charge is -2.28. The van der Waals surface area contributed by atoms with E-state index in [1.54, 1.807) is 17.0 Å². The third-order valence-corrected chi connectivity index (χ3v) is 3.39. The number of methoxy groups -OCH3 is 1. The molecular weight excluding hydrogens is 260 g/mol. The van der Waals surface area contributed by atoms with Gasteiger partial charge in [-0.3, -0.25) is 4.79 Å². The fraction of sp³-hybridized carbons (Fsp3) is 0.500. The molecule has 1 aliphatic heterocycles. The summed E-state index contributed by atoms with van der Waals surface area (Å²) in [5.74, 6) is 0.427. The number of hydrogen-bond donors (Lipinski definition) is 2. The Morgan fingerprint density at radius 2 is 2.20 bits per heavy atom. The third-order valence-electron chi connectivity index (χ3n) is 3.39. The van der Waals surface area contributed by atoms with Gasteiger partial charge in [-0.05, 0) is 17.7 Å². The van der Waals surface area contributed by atoms with E-state index < -0.39 is 6.04 Å². The Balaban J connectivity index is 1.98. The molecule has 1 heterocycles. The van der Waals surface area contributed by atoms with Crippen molar-refractivity contribution in [1.29, 1.82) is 0 Å². The van der Waals surface area contributed by atoms with Crippen LogP contribution in [0.1, 0.15) is 18.0 Å². The van der Waals surface area contributed by atoms with Gasteiger partial charge in [0.15, 0.2) is 11.5 Å². The smallest absolute Gasteiger partial charge is 0.224 e. The number of hydrogen-bond acceptors (Lipinski definition) is 5. The van der Waals surface area contributed by atoms with E-state index in [2.05, 4.69) is 0 Å². The maximum Gasteiger partial charge on any atom is 0.224 e. The van der Waals surface area contributed by atoms with Crippen LogP contribution in [0.5, 0.6) is 11.5 Å². The van der Waals surface area contributed by atoms with Gasteiger partial charge >= 0.3 is 0 Å². The van der Waals surface area contributed by atoms with Crippen LogP contribution in [-0.4, -0.2) is 49.3 Å². The minimum atomic E-state index is -0.442. The average Bonchev–Trinajstić information content (AvgIpc) is 2.48. The maximum atomic E-state index is 12.1. The van der Waals surface area contributed by atoms with Crippen molar-refractivity contribution in [2.45, 2.75) is 12.5 Å². The summed E-state index contributed by atoms with van der Waals surface area (Å²) >= 11 is 0. The molecule has 3 N–H and O–H groups in total. The number of nitrogens with zero attached hydrogens (tertiary/aromatic N) is 1. The van der Waals surface area contributed by atoms with Gasteiger partial charge in [0, 0.05) is 25.6 Å². The number of amides is 1. The van der Waals surface area contributed by atoms with Gasteiger partial charge in [0.25, 0.3) is 0 Å². The number of phenolic OH excluding ortho intramolecular Hbond substituents is 1. The molecule has 0 spiro atoms. The number of carbonyl (C=O) groups is 1. The molecule has 0 saturated carbocycles. The molecule has 1 aromatic carbocycles. The summed E-state index contributed by atoms with van der Waals surface area (Å²) in [5.41, 5.74) is 6.75. The Morgan fingerprint density at radius 3 is 2.80 bits per heavy atom. The van der Waals surface area contributed by atoms with Crippen LogP contribution in [-0.2, 0) is 9.53 Å². The number of aromatic hydroxyl groups is 1. The first-order valence-electron chi connectivity index (χ1n) is 6.60. The van der Waals surface area contributed by atoms with Crippen molar-refractivity contribution in [3.8, 4) is 11.5 Å². The summed E-state index contributed by atoms with van der Waals surface area (Å²) in [6.07, 6.45) is 0.214. The molecule has 1 amide bonds. The quantitative estimate of drug-likeness (QED) is 0.846. The maximum absolute atomic E-state index is 12.1. The largest absolute Gasteiger partial charge is 0.504 e. The van der Waals surface area contributed by atoms with Gasteiger partial charge in [0.05, 0.1) is 20.3 Å². The zero-order chi connectivity index (χ0) is 14.5. The van der Waals surface area contributed by atoms with Crippen LogP contribution in [0.4, 0.5) is 0 Å². The number of benzene rings is 1. The first-order valence-corrected chi connectivity index (χ1v) is 6.60. The summed E-state index contributed by atoms with van der Waals surface area (Å²) in [5, 5.41) is 9.73. The van der Waals surface area contributed by atoms with Crippen LogP contribution >= 0.6 is 0 Å². The summed E-state index contributed by atoms with van der Waals surface area (Å²) in [4.78, 5) is 13.8. The number of carbonyl (C=O) groups excluding carboxylic acids is 1. The molecule has 1 aliphatic rings. The summed E-state index contributed by atoms with van der Waals surface area (Å²) in [6, 6.07) is 4.50. The predicted octanol–water partition coefficient (Wildman–Crippen LogP) is 0.649. The van der Waals surface area contributed by atoms with Crippen molar-refractivity contribution < 1.29 is 19.4 Å². The molecule has 0 aromatic heterocycles. The molecule has 110 valence electrons. The van der Waals surface area contributed by atoms with E-state index in [1.807, 2.05) is 0 Å². The molecule has 6 heteroatoms. The number of rotatable bonds is 4. The highest BCUT2D eigenvalue weighted by molar-refractivity contribution is 5.77. The van der Waals surface area contributed by atoms with E-state index >= 15 is 0 Å². The highest BCUT2D eigenvalue weighted by Crippen LogP contribution is 2.29. The van der Waals surface area contributed by atoms with Crippen LogP contribution in [0.15, 0.2) is 18.2 Å². The molecule has 1 atom stereocenters. The first-order chi connectivity index (χ1) is 9.61. The molecule has 1 aromatic rings. The Kier molecular flexibility index (Phi) is 4.81. The van der Waals surface area contributed by atoms with E-state index in [1.165, 1.54) is 13.2 Å². The second kappa shape index (κ2) is 6.58. The van der Waals surface area contributed by atoms with Crippen molar-refractivity contribution in [3.63, 3.8) is 0 Å². The number of phenols is 1. The zero-order valence-electron chi connectivity index (χ0n) is 11.5. The number of ether oxygens (including phenoxy) is 2. The fourth-order valence-electron chi connectivity index (χ4n) is 2.19. The Hall–Kier alpha value is -1.79. The van der Waals surface area contributed by atoms with E-state index in [0.717, 1.165) is 0 Å². The fourth-order valence-corrected chi connectivity index (χ4v) is 2.19. The molecule has 1 fully saturated rings. The van der Waals surface area contributed by atoms with Gasteiger partial charge in [0.2, 0.25) is 5.91 Å². The van der Waals surface area contributed by atoms with Crippen molar-refractivity contribution in [2.24, 2.45) is 5.73 Å². The second-order valence-electron chi connectivity index (χ2n) is 4.74. The molecule has 2 rings (SSSR count). The van der Waals surface area contributed by atoms with Crippen LogP contribution in [0.25, 0.3) is 0 Å². The summed E-state index contributed by atoms with van der Waals surface area (Å²) < 4.78 is 10.2. The van der Waals surface area contributed by atoms with Gasteiger partial charge in [-0.1, -0.05) is 6.07 Å². The van der Waals surface area contributed by atoms with Gasteiger partial charge < -0.3 is 25.2 Å². The van der Waals surface area contributed by atoms with E-state index in [4.69, 9.17) is 15.2 Å². The lowest BCUT2D eigenvalue weighted by Crippen LogP contribution is -2.41. The third kappa shape index (κ3) is 3.40. The SMILES string of the molecule is COc1ccc([C@H](N)CC(=O)N2CCOCC2)cc1O. The van der Waals surface area contributed by atoms with Crippen molar-refractivity contribution in [1.82, 2.24) is 4.90 Å². The Labute approximate surface area is 118 Å². The van der Waals surface area contributed by atoms with E-state index in [9.17, 15) is 9.90 Å². The van der Waals surface area contributed by atoms with Gasteiger partial charge in [0.1, 0.15) is 0 Å². The highest BCUT2D eigenvalue weighted by atomic mass is 16.5. The lowest BCUT2D eigenvalue weighted by atomic mass is 10.0. The number of morpholine rings is 1. The normalized spacial score (nSPS) is 16.8. The van der Waals surface area contributed by atoms with Crippen molar-refractivity contribution >= 4 is 5.91 Å².